The summed E-state index contributed by atoms with van der Waals surface area (Å²) in [6, 6.07) is 13.0. The van der Waals surface area contributed by atoms with Crippen LogP contribution in [0.3, 0.4) is 0 Å². The highest BCUT2D eigenvalue weighted by molar-refractivity contribution is 6.00. The van der Waals surface area contributed by atoms with E-state index in [1.54, 1.807) is 17.2 Å². The largest absolute Gasteiger partial charge is 0.334 e. The number of fused-ring (bicyclic) bond motifs is 1. The van der Waals surface area contributed by atoms with Crippen LogP contribution < -0.4 is 4.90 Å². The van der Waals surface area contributed by atoms with Gasteiger partial charge in [-0.1, -0.05) is 50.2 Å². The third-order valence-electron chi connectivity index (χ3n) is 6.16. The summed E-state index contributed by atoms with van der Waals surface area (Å²) in [5, 5.41) is 0. The minimum absolute atomic E-state index is 0.0198. The van der Waals surface area contributed by atoms with E-state index in [2.05, 4.69) is 9.97 Å². The molecule has 34 heavy (non-hydrogen) atoms. The summed E-state index contributed by atoms with van der Waals surface area (Å²) in [6.07, 6.45) is 3.95. The van der Waals surface area contributed by atoms with Crippen LogP contribution in [0.2, 0.25) is 0 Å². The van der Waals surface area contributed by atoms with E-state index < -0.39 is 0 Å². The molecule has 2 aromatic carbocycles. The zero-order chi connectivity index (χ0) is 24.0. The van der Waals surface area contributed by atoms with Gasteiger partial charge in [0.2, 0.25) is 5.91 Å². The van der Waals surface area contributed by atoms with Crippen molar-refractivity contribution < 1.29 is 9.18 Å². The highest BCUT2D eigenvalue weighted by Gasteiger charge is 2.30. The number of benzene rings is 2. The van der Waals surface area contributed by atoms with Gasteiger partial charge in [0, 0.05) is 41.7 Å². The molecule has 0 spiro atoms. The van der Waals surface area contributed by atoms with Gasteiger partial charge in [-0.3, -0.25) is 9.69 Å². The lowest BCUT2D eigenvalue weighted by Crippen LogP contribution is -2.26. The van der Waals surface area contributed by atoms with Crippen LogP contribution in [0.5, 0.6) is 0 Å². The van der Waals surface area contributed by atoms with E-state index in [0.717, 1.165) is 28.2 Å². The third-order valence-corrected chi connectivity index (χ3v) is 6.16. The van der Waals surface area contributed by atoms with Crippen molar-refractivity contribution in [1.82, 2.24) is 19.5 Å². The molecule has 0 unspecified atom stereocenters. The topological polar surface area (TPSA) is 63.9 Å². The SMILES string of the molecule is Cc1cn(C)c(-c2ccc(CN3C(=O)Cc4cnc(-c5cccc(F)c5C(C)C)nc43)cc2)n1. The van der Waals surface area contributed by atoms with Gasteiger partial charge >= 0.3 is 0 Å². The van der Waals surface area contributed by atoms with Gasteiger partial charge in [0.1, 0.15) is 17.5 Å². The number of anilines is 1. The zero-order valence-electron chi connectivity index (χ0n) is 19.7. The summed E-state index contributed by atoms with van der Waals surface area (Å²) in [4.78, 5) is 28.3. The predicted molar refractivity (Wildman–Crippen MR) is 130 cm³/mol. The molecule has 0 N–H and O–H groups in total. The molecule has 0 saturated carbocycles. The average Bonchev–Trinajstić information content (AvgIpc) is 3.31. The molecular formula is C27H26FN5O. The predicted octanol–water partition coefficient (Wildman–Crippen LogP) is 5.20. The van der Waals surface area contributed by atoms with Gasteiger partial charge in [-0.05, 0) is 24.5 Å². The molecule has 0 aliphatic carbocycles. The van der Waals surface area contributed by atoms with Gasteiger partial charge in [-0.15, -0.1) is 0 Å². The summed E-state index contributed by atoms with van der Waals surface area (Å²) >= 11 is 0. The van der Waals surface area contributed by atoms with Crippen LogP contribution in [0.25, 0.3) is 22.8 Å². The molecule has 4 aromatic rings. The number of carbonyl (C=O) groups excluding carboxylic acids is 1. The Hall–Kier alpha value is -3.87. The molecule has 0 atom stereocenters. The van der Waals surface area contributed by atoms with Crippen molar-refractivity contribution in [1.29, 1.82) is 0 Å². The first-order valence-electron chi connectivity index (χ1n) is 11.4. The van der Waals surface area contributed by atoms with Crippen molar-refractivity contribution in [3.8, 4) is 22.8 Å². The lowest BCUT2D eigenvalue weighted by atomic mass is 9.96. The standard InChI is InChI=1S/C27H26FN5O/c1-16(2)24-21(6-5-7-22(24)28)25-29-13-20-12-23(34)33(27(20)31-25)15-18-8-10-19(11-9-18)26-30-17(3)14-32(26)4/h5-11,13-14,16H,12,15H2,1-4H3. The Bertz CT molecular complexity index is 1390. The van der Waals surface area contributed by atoms with E-state index in [1.807, 2.05) is 68.9 Å². The molecule has 0 radical (unpaired) electrons. The molecule has 0 saturated heterocycles. The third kappa shape index (κ3) is 3.87. The molecule has 2 aromatic heterocycles. The normalized spacial score (nSPS) is 13.1. The number of aryl methyl sites for hydroxylation is 2. The maximum absolute atomic E-state index is 14.5. The quantitative estimate of drug-likeness (QED) is 0.415. The Morgan fingerprint density at radius 2 is 1.85 bits per heavy atom. The number of aromatic nitrogens is 4. The Morgan fingerprint density at radius 3 is 2.53 bits per heavy atom. The van der Waals surface area contributed by atoms with Gasteiger partial charge in [-0.2, -0.15) is 0 Å². The van der Waals surface area contributed by atoms with Crippen LogP contribution >= 0.6 is 0 Å². The van der Waals surface area contributed by atoms with Gasteiger partial charge in [-0.25, -0.2) is 19.3 Å². The molecule has 3 heterocycles. The van der Waals surface area contributed by atoms with E-state index in [9.17, 15) is 9.18 Å². The summed E-state index contributed by atoms with van der Waals surface area (Å²) in [5.41, 5.74) is 5.01. The second kappa shape index (κ2) is 8.48. The number of hydrogen-bond donors (Lipinski definition) is 0. The highest BCUT2D eigenvalue weighted by atomic mass is 19.1. The fourth-order valence-electron chi connectivity index (χ4n) is 4.57. The number of amides is 1. The molecule has 1 aliphatic rings. The molecule has 6 nitrogen and oxygen atoms in total. The van der Waals surface area contributed by atoms with E-state index >= 15 is 0 Å². The maximum Gasteiger partial charge on any atom is 0.233 e. The lowest BCUT2D eigenvalue weighted by Gasteiger charge is -2.18. The van der Waals surface area contributed by atoms with Gasteiger partial charge in [0.15, 0.2) is 5.82 Å². The first-order valence-corrected chi connectivity index (χ1v) is 11.4. The number of carbonyl (C=O) groups is 1. The Balaban J connectivity index is 1.46. The van der Waals surface area contributed by atoms with E-state index in [1.165, 1.54) is 6.07 Å². The molecule has 5 rings (SSSR count). The molecule has 0 bridgehead atoms. The monoisotopic (exact) mass is 455 g/mol. The van der Waals surface area contributed by atoms with Gasteiger partial charge in [0.25, 0.3) is 0 Å². The zero-order valence-corrected chi connectivity index (χ0v) is 19.7. The van der Waals surface area contributed by atoms with Crippen LogP contribution in [0, 0.1) is 12.7 Å². The van der Waals surface area contributed by atoms with Crippen LogP contribution in [0.1, 0.15) is 42.1 Å². The highest BCUT2D eigenvalue weighted by Crippen LogP contribution is 2.34. The Kier molecular flexibility index (Phi) is 5.48. The van der Waals surface area contributed by atoms with Crippen molar-refractivity contribution >= 4 is 11.7 Å². The lowest BCUT2D eigenvalue weighted by molar-refractivity contribution is -0.117. The first kappa shape index (κ1) is 21.9. The second-order valence-electron chi connectivity index (χ2n) is 9.07. The fourth-order valence-corrected chi connectivity index (χ4v) is 4.57. The molecular weight excluding hydrogens is 429 g/mol. The molecule has 7 heteroatoms. The number of nitrogens with zero attached hydrogens (tertiary/aromatic N) is 5. The Labute approximate surface area is 198 Å². The number of rotatable bonds is 5. The van der Waals surface area contributed by atoms with E-state index in [4.69, 9.17) is 4.98 Å². The summed E-state index contributed by atoms with van der Waals surface area (Å²) < 4.78 is 16.5. The minimum Gasteiger partial charge on any atom is -0.334 e. The van der Waals surface area contributed by atoms with Crippen LogP contribution in [-0.2, 0) is 24.8 Å². The van der Waals surface area contributed by atoms with Gasteiger partial charge < -0.3 is 4.57 Å². The van der Waals surface area contributed by atoms with E-state index in [0.29, 0.717) is 29.3 Å². The molecule has 1 amide bonds. The van der Waals surface area contributed by atoms with Crippen molar-refractivity contribution in [3.05, 3.63) is 83.1 Å². The van der Waals surface area contributed by atoms with Crippen LogP contribution in [0.4, 0.5) is 10.2 Å². The number of halogens is 1. The van der Waals surface area contributed by atoms with Crippen LogP contribution in [-0.4, -0.2) is 25.4 Å². The van der Waals surface area contributed by atoms with Crippen molar-refractivity contribution in [3.63, 3.8) is 0 Å². The minimum atomic E-state index is -0.271. The summed E-state index contributed by atoms with van der Waals surface area (Å²) in [7, 11) is 1.98. The molecule has 1 aliphatic heterocycles. The summed E-state index contributed by atoms with van der Waals surface area (Å²) in [5.74, 6) is 1.62. The smallest absolute Gasteiger partial charge is 0.233 e. The average molecular weight is 456 g/mol. The number of imidazole rings is 1. The first-order chi connectivity index (χ1) is 16.3. The van der Waals surface area contributed by atoms with Crippen LogP contribution in [0.15, 0.2) is 54.9 Å². The van der Waals surface area contributed by atoms with Crippen molar-refractivity contribution in [2.45, 2.75) is 39.7 Å². The molecule has 0 fully saturated rings. The Morgan fingerprint density at radius 1 is 1.09 bits per heavy atom. The van der Waals surface area contributed by atoms with Crippen molar-refractivity contribution in [2.24, 2.45) is 7.05 Å². The van der Waals surface area contributed by atoms with E-state index in [-0.39, 0.29) is 24.1 Å². The number of hydrogen-bond acceptors (Lipinski definition) is 4. The molecule has 172 valence electrons. The second-order valence-corrected chi connectivity index (χ2v) is 9.07. The maximum atomic E-state index is 14.5. The summed E-state index contributed by atoms with van der Waals surface area (Å²) in [6.45, 7) is 6.27. The fraction of sp³-hybridized carbons (Fsp3) is 0.259. The van der Waals surface area contributed by atoms with Gasteiger partial charge in [0.05, 0.1) is 18.7 Å². The van der Waals surface area contributed by atoms with Crippen molar-refractivity contribution in [2.75, 3.05) is 4.90 Å².